The number of carbonyl (C=O) groups is 1. The number of aromatic nitrogens is 2. The van der Waals surface area contributed by atoms with Gasteiger partial charge in [0.25, 0.3) is 0 Å². The molecule has 6 nitrogen and oxygen atoms in total. The van der Waals surface area contributed by atoms with Crippen molar-refractivity contribution in [2.75, 3.05) is 18.9 Å². The van der Waals surface area contributed by atoms with Crippen LogP contribution in [0.2, 0.25) is 0 Å². The third-order valence-electron chi connectivity index (χ3n) is 3.29. The molecular formula is C15H22N4O2. The van der Waals surface area contributed by atoms with E-state index < -0.39 is 6.04 Å². The molecule has 0 bridgehead atoms. The molecule has 114 valence electrons. The second kappa shape index (κ2) is 6.47. The minimum absolute atomic E-state index is 0.0802. The van der Waals surface area contributed by atoms with E-state index in [9.17, 15) is 4.79 Å². The van der Waals surface area contributed by atoms with E-state index in [1.165, 1.54) is 0 Å². The molecule has 1 heterocycles. The number of nitrogens with two attached hydrogens (primary N) is 1. The van der Waals surface area contributed by atoms with Crippen LogP contribution in [0.1, 0.15) is 33.2 Å². The number of fused-ring (bicyclic) bond motifs is 1. The molecule has 0 radical (unpaired) electrons. The van der Waals surface area contributed by atoms with Gasteiger partial charge in [-0.05, 0) is 32.4 Å². The lowest BCUT2D eigenvalue weighted by molar-refractivity contribution is -0.123. The lowest BCUT2D eigenvalue weighted by Gasteiger charge is -2.15. The summed E-state index contributed by atoms with van der Waals surface area (Å²) >= 11 is 0. The summed E-state index contributed by atoms with van der Waals surface area (Å²) in [6, 6.07) is 5.23. The van der Waals surface area contributed by atoms with E-state index in [0.717, 1.165) is 11.9 Å². The van der Waals surface area contributed by atoms with E-state index in [1.54, 1.807) is 4.57 Å². The van der Waals surface area contributed by atoms with E-state index >= 15 is 0 Å². The number of likely N-dealkylation sites (N-methyl/N-ethyl adjacent to an activating group) is 1. The molecule has 0 saturated carbocycles. The van der Waals surface area contributed by atoms with E-state index in [2.05, 4.69) is 10.3 Å². The Hall–Kier alpha value is -2.24. The van der Waals surface area contributed by atoms with Crippen LogP contribution in [0.25, 0.3) is 11.0 Å². The zero-order valence-electron chi connectivity index (χ0n) is 12.7. The van der Waals surface area contributed by atoms with E-state index in [0.29, 0.717) is 30.4 Å². The van der Waals surface area contributed by atoms with Crippen molar-refractivity contribution in [3.05, 3.63) is 18.2 Å². The van der Waals surface area contributed by atoms with Gasteiger partial charge in [-0.1, -0.05) is 13.0 Å². The molecule has 1 aromatic heterocycles. The molecule has 0 aliphatic carbocycles. The summed E-state index contributed by atoms with van der Waals surface area (Å²) in [5.74, 6) is 0.933. The van der Waals surface area contributed by atoms with E-state index in [-0.39, 0.29) is 5.91 Å². The normalized spacial score (nSPS) is 12.3. The van der Waals surface area contributed by atoms with Gasteiger partial charge in [-0.2, -0.15) is 0 Å². The number of carbonyl (C=O) groups excluding carboxylic acids is 1. The number of hydrogen-bond acceptors (Lipinski definition) is 4. The van der Waals surface area contributed by atoms with Crippen molar-refractivity contribution in [3.8, 4) is 5.75 Å². The molecular weight excluding hydrogens is 268 g/mol. The monoisotopic (exact) mass is 290 g/mol. The lowest BCUT2D eigenvalue weighted by Crippen LogP contribution is -2.31. The topological polar surface area (TPSA) is 82.2 Å². The minimum Gasteiger partial charge on any atom is -0.491 e. The fourth-order valence-electron chi connectivity index (χ4n) is 2.28. The number of nitrogen functional groups attached to an aromatic ring is 1. The first-order valence-electron chi connectivity index (χ1n) is 7.27. The number of imidazole rings is 1. The van der Waals surface area contributed by atoms with Crippen molar-refractivity contribution in [1.29, 1.82) is 0 Å². The Bertz CT molecular complexity index is 636. The molecule has 1 unspecified atom stereocenters. The van der Waals surface area contributed by atoms with Gasteiger partial charge in [-0.3, -0.25) is 9.36 Å². The maximum atomic E-state index is 12.0. The summed E-state index contributed by atoms with van der Waals surface area (Å²) in [4.78, 5) is 16.4. The molecule has 0 aliphatic heterocycles. The molecule has 6 heteroatoms. The van der Waals surface area contributed by atoms with Crippen molar-refractivity contribution < 1.29 is 9.53 Å². The van der Waals surface area contributed by atoms with Crippen LogP contribution in [0.4, 0.5) is 5.95 Å². The van der Waals surface area contributed by atoms with Gasteiger partial charge in [0.1, 0.15) is 17.3 Å². The standard InChI is InChI=1S/C15H22N4O2/c1-4-9-21-12-8-6-7-11-13(12)18-15(16)19(11)10(3)14(20)17-5-2/h6-8,10H,4-5,9H2,1-3H3,(H2,16,18)(H,17,20). The smallest absolute Gasteiger partial charge is 0.242 e. The summed E-state index contributed by atoms with van der Waals surface area (Å²) in [5, 5.41) is 2.80. The Morgan fingerprint density at radius 2 is 2.24 bits per heavy atom. The van der Waals surface area contributed by atoms with Crippen molar-refractivity contribution in [3.63, 3.8) is 0 Å². The highest BCUT2D eigenvalue weighted by Crippen LogP contribution is 2.29. The number of benzene rings is 1. The molecule has 1 atom stereocenters. The molecule has 0 aliphatic rings. The van der Waals surface area contributed by atoms with Crippen molar-refractivity contribution in [2.45, 2.75) is 33.2 Å². The van der Waals surface area contributed by atoms with Gasteiger partial charge >= 0.3 is 0 Å². The summed E-state index contributed by atoms with van der Waals surface area (Å²) in [5.41, 5.74) is 7.50. The Morgan fingerprint density at radius 3 is 2.90 bits per heavy atom. The maximum Gasteiger partial charge on any atom is 0.242 e. The zero-order valence-corrected chi connectivity index (χ0v) is 12.7. The van der Waals surface area contributed by atoms with Gasteiger partial charge in [0, 0.05) is 6.54 Å². The Balaban J connectivity index is 2.45. The van der Waals surface area contributed by atoms with Crippen LogP contribution in [-0.4, -0.2) is 28.6 Å². The Labute approximate surface area is 124 Å². The Morgan fingerprint density at radius 1 is 1.48 bits per heavy atom. The third-order valence-corrected chi connectivity index (χ3v) is 3.29. The second-order valence-corrected chi connectivity index (χ2v) is 4.88. The third kappa shape index (κ3) is 2.94. The number of anilines is 1. The molecule has 0 saturated heterocycles. The first kappa shape index (κ1) is 15.2. The summed E-state index contributed by atoms with van der Waals surface area (Å²) in [6.45, 7) is 6.95. The zero-order chi connectivity index (χ0) is 15.4. The quantitative estimate of drug-likeness (QED) is 0.853. The van der Waals surface area contributed by atoms with Crippen LogP contribution in [0, 0.1) is 0 Å². The summed E-state index contributed by atoms with van der Waals surface area (Å²) < 4.78 is 7.43. The molecule has 2 aromatic rings. The number of rotatable bonds is 6. The predicted molar refractivity (Wildman–Crippen MR) is 83.3 cm³/mol. The van der Waals surface area contributed by atoms with Gasteiger partial charge in [0.2, 0.25) is 11.9 Å². The second-order valence-electron chi connectivity index (χ2n) is 4.88. The fraction of sp³-hybridized carbons (Fsp3) is 0.467. The average Bonchev–Trinajstić information content (AvgIpc) is 2.81. The number of hydrogen-bond donors (Lipinski definition) is 2. The van der Waals surface area contributed by atoms with Gasteiger partial charge in [0.05, 0.1) is 12.1 Å². The molecule has 3 N–H and O–H groups in total. The van der Waals surface area contributed by atoms with Crippen molar-refractivity contribution >= 4 is 22.9 Å². The maximum absolute atomic E-state index is 12.0. The molecule has 21 heavy (non-hydrogen) atoms. The number of nitrogens with one attached hydrogen (secondary N) is 1. The van der Waals surface area contributed by atoms with Gasteiger partial charge in [-0.25, -0.2) is 4.98 Å². The van der Waals surface area contributed by atoms with E-state index in [4.69, 9.17) is 10.5 Å². The highest BCUT2D eigenvalue weighted by molar-refractivity contribution is 5.88. The largest absolute Gasteiger partial charge is 0.491 e. The number of para-hydroxylation sites is 1. The molecule has 2 rings (SSSR count). The van der Waals surface area contributed by atoms with Gasteiger partial charge < -0.3 is 15.8 Å². The predicted octanol–water partition coefficient (Wildman–Crippen LogP) is 2.10. The molecule has 0 spiro atoms. The highest BCUT2D eigenvalue weighted by atomic mass is 16.5. The Kier molecular flexibility index (Phi) is 4.67. The number of ether oxygens (including phenoxy) is 1. The minimum atomic E-state index is -0.420. The van der Waals surface area contributed by atoms with Crippen LogP contribution >= 0.6 is 0 Å². The van der Waals surface area contributed by atoms with Gasteiger partial charge in [-0.15, -0.1) is 0 Å². The summed E-state index contributed by atoms with van der Waals surface area (Å²) in [6.07, 6.45) is 0.919. The van der Waals surface area contributed by atoms with Crippen LogP contribution in [0.3, 0.4) is 0 Å². The van der Waals surface area contributed by atoms with Crippen molar-refractivity contribution in [2.24, 2.45) is 0 Å². The number of amides is 1. The van der Waals surface area contributed by atoms with Crippen LogP contribution in [-0.2, 0) is 4.79 Å². The lowest BCUT2D eigenvalue weighted by atomic mass is 10.2. The van der Waals surface area contributed by atoms with Crippen LogP contribution < -0.4 is 15.8 Å². The molecule has 1 amide bonds. The van der Waals surface area contributed by atoms with Crippen molar-refractivity contribution in [1.82, 2.24) is 14.9 Å². The molecule has 1 aromatic carbocycles. The van der Waals surface area contributed by atoms with Crippen LogP contribution in [0.5, 0.6) is 5.75 Å². The van der Waals surface area contributed by atoms with E-state index in [1.807, 2.05) is 39.0 Å². The fourth-order valence-corrected chi connectivity index (χ4v) is 2.28. The van der Waals surface area contributed by atoms with Crippen LogP contribution in [0.15, 0.2) is 18.2 Å². The van der Waals surface area contributed by atoms with Gasteiger partial charge in [0.15, 0.2) is 0 Å². The SMILES string of the molecule is CCCOc1cccc2c1nc(N)n2C(C)C(=O)NCC. The first-order valence-corrected chi connectivity index (χ1v) is 7.27. The number of nitrogens with zero attached hydrogens (tertiary/aromatic N) is 2. The highest BCUT2D eigenvalue weighted by Gasteiger charge is 2.21. The first-order chi connectivity index (χ1) is 10.1. The summed E-state index contributed by atoms with van der Waals surface area (Å²) in [7, 11) is 0. The molecule has 0 fully saturated rings. The average molecular weight is 290 g/mol.